The van der Waals surface area contributed by atoms with Gasteiger partial charge in [-0.3, -0.25) is 9.59 Å². The number of carbonyl (C=O) groups excluding carboxylic acids is 4. The van der Waals surface area contributed by atoms with Gasteiger partial charge in [-0.2, -0.15) is 0 Å². The molecule has 1 heterocycles. The Kier molecular flexibility index (Phi) is 4.88. The van der Waals surface area contributed by atoms with Crippen molar-refractivity contribution in [2.45, 2.75) is 38.8 Å². The van der Waals surface area contributed by atoms with Crippen LogP contribution in [0.15, 0.2) is 11.1 Å². The van der Waals surface area contributed by atoms with E-state index in [1.807, 2.05) is 0 Å². The molecular formula is C15H22N2O6. The predicted octanol–water partition coefficient (Wildman–Crippen LogP) is -0.226. The molecule has 1 aliphatic rings. The first-order valence-electron chi connectivity index (χ1n) is 6.96. The number of nitrogens with one attached hydrogen (secondary N) is 1. The molecule has 0 spiro atoms. The second kappa shape index (κ2) is 6.02. The van der Waals surface area contributed by atoms with Crippen molar-refractivity contribution in [2.75, 3.05) is 21.2 Å². The molecule has 0 saturated heterocycles. The number of rotatable bonds is 3. The topological polar surface area (TPSA) is 102 Å². The van der Waals surface area contributed by atoms with Gasteiger partial charge in [0.05, 0.1) is 7.11 Å². The minimum atomic E-state index is -2.21. The zero-order valence-electron chi connectivity index (χ0n) is 14.4. The first-order chi connectivity index (χ1) is 10.4. The van der Waals surface area contributed by atoms with Gasteiger partial charge in [0.25, 0.3) is 17.4 Å². The van der Waals surface area contributed by atoms with E-state index in [-0.39, 0.29) is 5.57 Å². The van der Waals surface area contributed by atoms with Crippen molar-refractivity contribution < 1.29 is 28.7 Å². The second-order valence-electron chi connectivity index (χ2n) is 6.47. The van der Waals surface area contributed by atoms with Gasteiger partial charge in [0.15, 0.2) is 0 Å². The quantitative estimate of drug-likeness (QED) is 0.437. The third-order valence-corrected chi connectivity index (χ3v) is 3.26. The van der Waals surface area contributed by atoms with Crippen LogP contribution in [0.5, 0.6) is 0 Å². The molecule has 8 heteroatoms. The monoisotopic (exact) mass is 326 g/mol. The number of amides is 2. The summed E-state index contributed by atoms with van der Waals surface area (Å²) in [5, 5.41) is 2.62. The fourth-order valence-corrected chi connectivity index (χ4v) is 2.20. The van der Waals surface area contributed by atoms with Gasteiger partial charge in [-0.25, -0.2) is 9.59 Å². The molecule has 1 N–H and O–H groups in total. The molecule has 1 atom stereocenters. The standard InChI is InChI=1S/C15H22N2O6/c1-8-9(10(18)22-7)11(19)23-15(8,13(21)17(5)6)12(20)16-14(2,3)4/h1-7H3,(H,16,20). The van der Waals surface area contributed by atoms with Crippen LogP contribution in [0.3, 0.4) is 0 Å². The van der Waals surface area contributed by atoms with Crippen LogP contribution in [-0.4, -0.2) is 61.0 Å². The van der Waals surface area contributed by atoms with Crippen LogP contribution in [-0.2, 0) is 28.7 Å². The molecule has 0 aromatic carbocycles. The second-order valence-corrected chi connectivity index (χ2v) is 6.47. The Balaban J connectivity index is 3.54. The number of cyclic esters (lactones) is 1. The lowest BCUT2D eigenvalue weighted by Gasteiger charge is -2.32. The molecule has 0 saturated carbocycles. The van der Waals surface area contributed by atoms with E-state index in [0.717, 1.165) is 12.0 Å². The summed E-state index contributed by atoms with van der Waals surface area (Å²) in [4.78, 5) is 50.3. The van der Waals surface area contributed by atoms with Crippen LogP contribution in [0.1, 0.15) is 27.7 Å². The Hall–Kier alpha value is -2.38. The summed E-state index contributed by atoms with van der Waals surface area (Å²) in [6.45, 7) is 6.49. The summed E-state index contributed by atoms with van der Waals surface area (Å²) < 4.78 is 9.65. The van der Waals surface area contributed by atoms with E-state index in [1.54, 1.807) is 20.8 Å². The highest BCUT2D eigenvalue weighted by atomic mass is 16.6. The zero-order chi connectivity index (χ0) is 18.2. The average Bonchev–Trinajstić information content (AvgIpc) is 2.67. The molecule has 0 aromatic heterocycles. The summed E-state index contributed by atoms with van der Waals surface area (Å²) in [7, 11) is 3.94. The molecule has 23 heavy (non-hydrogen) atoms. The lowest BCUT2D eigenvalue weighted by molar-refractivity contribution is -0.169. The number of methoxy groups -OCH3 is 1. The summed E-state index contributed by atoms with van der Waals surface area (Å²) >= 11 is 0. The normalized spacial score (nSPS) is 20.9. The molecule has 8 nitrogen and oxygen atoms in total. The Morgan fingerprint density at radius 1 is 1.22 bits per heavy atom. The number of likely N-dealkylation sites (N-methyl/N-ethyl adjacent to an activating group) is 1. The van der Waals surface area contributed by atoms with Crippen LogP contribution in [0.2, 0.25) is 0 Å². The van der Waals surface area contributed by atoms with Crippen molar-refractivity contribution in [3.8, 4) is 0 Å². The summed E-state index contributed by atoms with van der Waals surface area (Å²) in [5.41, 5.74) is -3.41. The summed E-state index contributed by atoms with van der Waals surface area (Å²) in [6, 6.07) is 0. The van der Waals surface area contributed by atoms with E-state index in [2.05, 4.69) is 10.1 Å². The van der Waals surface area contributed by atoms with Crippen molar-refractivity contribution in [2.24, 2.45) is 0 Å². The van der Waals surface area contributed by atoms with Gasteiger partial charge in [-0.15, -0.1) is 0 Å². The largest absolute Gasteiger partial charge is 0.465 e. The molecule has 1 unspecified atom stereocenters. The van der Waals surface area contributed by atoms with Crippen LogP contribution >= 0.6 is 0 Å². The maximum atomic E-state index is 12.7. The molecule has 0 aliphatic carbocycles. The number of hydrogen-bond acceptors (Lipinski definition) is 6. The Bertz CT molecular complexity index is 600. The zero-order valence-corrected chi connectivity index (χ0v) is 14.4. The third kappa shape index (κ3) is 3.20. The highest BCUT2D eigenvalue weighted by Crippen LogP contribution is 2.35. The van der Waals surface area contributed by atoms with E-state index >= 15 is 0 Å². The van der Waals surface area contributed by atoms with Crippen LogP contribution in [0, 0.1) is 0 Å². The van der Waals surface area contributed by atoms with Crippen molar-refractivity contribution >= 4 is 23.8 Å². The fourth-order valence-electron chi connectivity index (χ4n) is 2.20. The smallest absolute Gasteiger partial charge is 0.347 e. The van der Waals surface area contributed by atoms with Gasteiger partial charge in [0.2, 0.25) is 0 Å². The molecular weight excluding hydrogens is 304 g/mol. The van der Waals surface area contributed by atoms with Crippen LogP contribution < -0.4 is 5.32 Å². The SMILES string of the molecule is COC(=O)C1=C(C)C(C(=O)NC(C)(C)C)(C(=O)N(C)C)OC1=O. The number of hydrogen-bond donors (Lipinski definition) is 1. The molecule has 0 bridgehead atoms. The minimum absolute atomic E-state index is 0.0881. The first-order valence-corrected chi connectivity index (χ1v) is 6.96. The maximum Gasteiger partial charge on any atom is 0.347 e. The van der Waals surface area contributed by atoms with Crippen molar-refractivity contribution in [1.29, 1.82) is 0 Å². The first kappa shape index (κ1) is 18.7. The molecule has 0 fully saturated rings. The molecule has 0 aromatic rings. The minimum Gasteiger partial charge on any atom is -0.465 e. The number of nitrogens with zero attached hydrogens (tertiary/aromatic N) is 1. The van der Waals surface area contributed by atoms with E-state index in [9.17, 15) is 19.2 Å². The van der Waals surface area contributed by atoms with Crippen molar-refractivity contribution in [3.63, 3.8) is 0 Å². The predicted molar refractivity (Wildman–Crippen MR) is 80.1 cm³/mol. The molecule has 1 aliphatic heterocycles. The number of carbonyl (C=O) groups is 4. The van der Waals surface area contributed by atoms with Crippen LogP contribution in [0.4, 0.5) is 0 Å². The fraction of sp³-hybridized carbons (Fsp3) is 0.600. The van der Waals surface area contributed by atoms with Crippen molar-refractivity contribution in [1.82, 2.24) is 10.2 Å². The third-order valence-electron chi connectivity index (χ3n) is 3.26. The lowest BCUT2D eigenvalue weighted by Crippen LogP contribution is -2.61. The highest BCUT2D eigenvalue weighted by molar-refractivity contribution is 6.24. The molecule has 2 amide bonds. The van der Waals surface area contributed by atoms with Gasteiger partial charge in [-0.05, 0) is 27.7 Å². The molecule has 1 rings (SSSR count). The maximum absolute atomic E-state index is 12.7. The van der Waals surface area contributed by atoms with Crippen LogP contribution in [0.25, 0.3) is 0 Å². The molecule has 128 valence electrons. The van der Waals surface area contributed by atoms with E-state index < -0.39 is 40.5 Å². The summed E-state index contributed by atoms with van der Waals surface area (Å²) in [6.07, 6.45) is 0. The Morgan fingerprint density at radius 3 is 2.13 bits per heavy atom. The van der Waals surface area contributed by atoms with Gasteiger partial charge in [0.1, 0.15) is 5.57 Å². The van der Waals surface area contributed by atoms with Crippen molar-refractivity contribution in [3.05, 3.63) is 11.1 Å². The highest BCUT2D eigenvalue weighted by Gasteiger charge is 2.60. The van der Waals surface area contributed by atoms with E-state index in [4.69, 9.17) is 4.74 Å². The Labute approximate surface area is 134 Å². The molecule has 0 radical (unpaired) electrons. The lowest BCUT2D eigenvalue weighted by atomic mass is 9.89. The van der Waals surface area contributed by atoms with Gasteiger partial charge < -0.3 is 19.7 Å². The van der Waals surface area contributed by atoms with Gasteiger partial charge >= 0.3 is 11.9 Å². The number of ether oxygens (including phenoxy) is 2. The Morgan fingerprint density at radius 2 is 1.74 bits per heavy atom. The van der Waals surface area contributed by atoms with Gasteiger partial charge in [0, 0.05) is 25.2 Å². The average molecular weight is 326 g/mol. The summed E-state index contributed by atoms with van der Waals surface area (Å²) in [5.74, 6) is -3.59. The van der Waals surface area contributed by atoms with E-state index in [0.29, 0.717) is 0 Å². The van der Waals surface area contributed by atoms with E-state index in [1.165, 1.54) is 21.0 Å². The number of esters is 2. The van der Waals surface area contributed by atoms with Gasteiger partial charge in [-0.1, -0.05) is 0 Å².